The number of hydrogen-bond donors (Lipinski definition) is 1. The van der Waals surface area contributed by atoms with Crippen molar-refractivity contribution < 1.29 is 18.3 Å². The van der Waals surface area contributed by atoms with E-state index in [2.05, 4.69) is 0 Å². The van der Waals surface area contributed by atoms with Crippen LogP contribution in [0.4, 0.5) is 0 Å². The Hall–Kier alpha value is -1.20. The van der Waals surface area contributed by atoms with Crippen LogP contribution in [0.2, 0.25) is 0 Å². The maximum Gasteiger partial charge on any atom is 0.177 e. The Morgan fingerprint density at radius 3 is 2.35 bits per heavy atom. The average molecular weight is 256 g/mol. The molecule has 0 aromatic heterocycles. The summed E-state index contributed by atoms with van der Waals surface area (Å²) in [5, 5.41) is 8.56. The summed E-state index contributed by atoms with van der Waals surface area (Å²) in [4.78, 5) is 11.7. The molecule has 0 aliphatic carbocycles. The highest BCUT2D eigenvalue weighted by atomic mass is 32.2. The zero-order chi connectivity index (χ0) is 12.9. The predicted molar refractivity (Wildman–Crippen MR) is 65.9 cm³/mol. The SMILES string of the molecule is Cc1ccc(C(=O)CS(=O)(=O)CCCO)cc1. The topological polar surface area (TPSA) is 71.4 Å². The summed E-state index contributed by atoms with van der Waals surface area (Å²) >= 11 is 0. The average Bonchev–Trinajstić information content (AvgIpc) is 2.26. The molecule has 0 unspecified atom stereocenters. The van der Waals surface area contributed by atoms with E-state index in [1.165, 1.54) is 0 Å². The van der Waals surface area contributed by atoms with Gasteiger partial charge in [0.2, 0.25) is 0 Å². The number of aliphatic hydroxyl groups is 1. The van der Waals surface area contributed by atoms with Gasteiger partial charge < -0.3 is 5.11 Å². The Kier molecular flexibility index (Phi) is 4.84. The number of ketones is 1. The lowest BCUT2D eigenvalue weighted by Crippen LogP contribution is -2.19. The molecule has 0 aliphatic heterocycles. The third-order valence-corrected chi connectivity index (χ3v) is 3.95. The molecule has 1 rings (SSSR count). The second kappa shape index (κ2) is 5.93. The first-order chi connectivity index (χ1) is 7.94. The molecular weight excluding hydrogens is 240 g/mol. The second-order valence-corrected chi connectivity index (χ2v) is 6.14. The van der Waals surface area contributed by atoms with Gasteiger partial charge in [-0.15, -0.1) is 0 Å². The van der Waals surface area contributed by atoms with Crippen molar-refractivity contribution in [1.29, 1.82) is 0 Å². The van der Waals surface area contributed by atoms with Crippen LogP contribution in [0.25, 0.3) is 0 Å². The van der Waals surface area contributed by atoms with Crippen molar-refractivity contribution in [3.8, 4) is 0 Å². The summed E-state index contributed by atoms with van der Waals surface area (Å²) in [6, 6.07) is 6.79. The van der Waals surface area contributed by atoms with Gasteiger partial charge >= 0.3 is 0 Å². The highest BCUT2D eigenvalue weighted by Gasteiger charge is 2.17. The molecule has 1 aromatic rings. The molecule has 17 heavy (non-hydrogen) atoms. The number of aliphatic hydroxyl groups excluding tert-OH is 1. The normalized spacial score (nSPS) is 11.4. The largest absolute Gasteiger partial charge is 0.396 e. The third kappa shape index (κ3) is 4.66. The molecule has 0 saturated carbocycles. The predicted octanol–water partition coefficient (Wildman–Crippen LogP) is 0.975. The summed E-state index contributed by atoms with van der Waals surface area (Å²) in [6.45, 7) is 1.71. The quantitative estimate of drug-likeness (QED) is 0.770. The Labute approximate surface area is 101 Å². The molecular formula is C12H16O4S. The molecule has 94 valence electrons. The number of carbonyl (C=O) groups is 1. The number of hydrogen-bond acceptors (Lipinski definition) is 4. The van der Waals surface area contributed by atoms with Crippen LogP contribution in [-0.2, 0) is 9.84 Å². The minimum atomic E-state index is -3.41. The van der Waals surface area contributed by atoms with Gasteiger partial charge in [-0.2, -0.15) is 0 Å². The van der Waals surface area contributed by atoms with Gasteiger partial charge in [-0.1, -0.05) is 29.8 Å². The minimum Gasteiger partial charge on any atom is -0.396 e. The smallest absolute Gasteiger partial charge is 0.177 e. The molecule has 0 amide bonds. The lowest BCUT2D eigenvalue weighted by atomic mass is 10.1. The summed E-state index contributed by atoms with van der Waals surface area (Å²) in [7, 11) is -3.41. The first-order valence-electron chi connectivity index (χ1n) is 5.36. The van der Waals surface area contributed by atoms with Crippen LogP contribution in [0.1, 0.15) is 22.3 Å². The van der Waals surface area contributed by atoms with Crippen LogP contribution < -0.4 is 0 Å². The Morgan fingerprint density at radius 1 is 1.24 bits per heavy atom. The highest BCUT2D eigenvalue weighted by molar-refractivity contribution is 7.92. The van der Waals surface area contributed by atoms with Gasteiger partial charge in [0.25, 0.3) is 0 Å². The number of rotatable bonds is 6. The number of aryl methyl sites for hydroxylation is 1. The van der Waals surface area contributed by atoms with E-state index in [9.17, 15) is 13.2 Å². The van der Waals surface area contributed by atoms with Gasteiger partial charge in [0.05, 0.1) is 5.75 Å². The molecule has 1 N–H and O–H groups in total. The van der Waals surface area contributed by atoms with Gasteiger partial charge in [-0.3, -0.25) is 4.79 Å². The zero-order valence-corrected chi connectivity index (χ0v) is 10.5. The van der Waals surface area contributed by atoms with Crippen LogP contribution in [0.15, 0.2) is 24.3 Å². The lowest BCUT2D eigenvalue weighted by molar-refractivity contribution is 0.102. The summed E-state index contributed by atoms with van der Waals surface area (Å²) in [5.41, 5.74) is 1.42. The van der Waals surface area contributed by atoms with Crippen LogP contribution in [0, 0.1) is 6.92 Å². The van der Waals surface area contributed by atoms with E-state index < -0.39 is 21.4 Å². The summed E-state index contributed by atoms with van der Waals surface area (Å²) < 4.78 is 23.0. The van der Waals surface area contributed by atoms with Gasteiger partial charge in [-0.05, 0) is 13.3 Å². The van der Waals surface area contributed by atoms with E-state index in [0.29, 0.717) is 5.56 Å². The fourth-order valence-electron chi connectivity index (χ4n) is 1.38. The summed E-state index contributed by atoms with van der Waals surface area (Å²) in [5.74, 6) is -1.04. The molecule has 0 spiro atoms. The Bertz CT molecular complexity index is 474. The monoisotopic (exact) mass is 256 g/mol. The van der Waals surface area contributed by atoms with E-state index in [1.807, 2.05) is 6.92 Å². The molecule has 0 bridgehead atoms. The zero-order valence-electron chi connectivity index (χ0n) is 9.72. The van der Waals surface area contributed by atoms with E-state index >= 15 is 0 Å². The first-order valence-corrected chi connectivity index (χ1v) is 7.18. The van der Waals surface area contributed by atoms with E-state index in [1.54, 1.807) is 24.3 Å². The minimum absolute atomic E-state index is 0.152. The lowest BCUT2D eigenvalue weighted by Gasteiger charge is -2.03. The van der Waals surface area contributed by atoms with Crippen LogP contribution in [-0.4, -0.2) is 37.4 Å². The molecule has 0 atom stereocenters. The maximum absolute atomic E-state index is 11.7. The number of carbonyl (C=O) groups excluding carboxylic acids is 1. The van der Waals surface area contributed by atoms with Crippen molar-refractivity contribution in [2.24, 2.45) is 0 Å². The Balaban J connectivity index is 2.69. The standard InChI is InChI=1S/C12H16O4S/c1-10-3-5-11(6-4-10)12(14)9-17(15,16)8-2-7-13/h3-6,13H,2,7-9H2,1H3. The maximum atomic E-state index is 11.7. The molecule has 0 radical (unpaired) electrons. The fraction of sp³-hybridized carbons (Fsp3) is 0.417. The molecule has 0 heterocycles. The van der Waals surface area contributed by atoms with Gasteiger partial charge in [0.15, 0.2) is 15.6 Å². The number of benzene rings is 1. The van der Waals surface area contributed by atoms with Crippen LogP contribution in [0.5, 0.6) is 0 Å². The number of Topliss-reactive ketones (excluding diaryl/α,β-unsaturated/α-hetero) is 1. The van der Waals surface area contributed by atoms with E-state index in [4.69, 9.17) is 5.11 Å². The van der Waals surface area contributed by atoms with Crippen molar-refractivity contribution in [2.75, 3.05) is 18.1 Å². The molecule has 0 aliphatic rings. The van der Waals surface area contributed by atoms with E-state index in [-0.39, 0.29) is 18.8 Å². The van der Waals surface area contributed by atoms with Crippen LogP contribution in [0.3, 0.4) is 0 Å². The van der Waals surface area contributed by atoms with Crippen molar-refractivity contribution >= 4 is 15.6 Å². The van der Waals surface area contributed by atoms with Crippen LogP contribution >= 0.6 is 0 Å². The van der Waals surface area contributed by atoms with Crippen molar-refractivity contribution in [3.63, 3.8) is 0 Å². The summed E-state index contributed by atoms with van der Waals surface area (Å²) in [6.07, 6.45) is 0.170. The number of sulfone groups is 1. The molecule has 5 heteroatoms. The fourth-order valence-corrected chi connectivity index (χ4v) is 2.66. The van der Waals surface area contributed by atoms with Gasteiger partial charge in [-0.25, -0.2) is 8.42 Å². The Morgan fingerprint density at radius 2 is 1.82 bits per heavy atom. The van der Waals surface area contributed by atoms with Crippen molar-refractivity contribution in [2.45, 2.75) is 13.3 Å². The third-order valence-electron chi connectivity index (χ3n) is 2.34. The van der Waals surface area contributed by atoms with Gasteiger partial charge in [0, 0.05) is 12.2 Å². The molecule has 4 nitrogen and oxygen atoms in total. The van der Waals surface area contributed by atoms with Crippen molar-refractivity contribution in [3.05, 3.63) is 35.4 Å². The van der Waals surface area contributed by atoms with E-state index in [0.717, 1.165) is 5.56 Å². The van der Waals surface area contributed by atoms with Crippen molar-refractivity contribution in [1.82, 2.24) is 0 Å². The molecule has 0 fully saturated rings. The first kappa shape index (κ1) is 13.9. The second-order valence-electron chi connectivity index (χ2n) is 3.96. The highest BCUT2D eigenvalue weighted by Crippen LogP contribution is 2.06. The molecule has 1 aromatic carbocycles. The van der Waals surface area contributed by atoms with Gasteiger partial charge in [0.1, 0.15) is 5.75 Å². The molecule has 0 saturated heterocycles.